The molecule has 0 aliphatic rings. The van der Waals surface area contributed by atoms with Crippen molar-refractivity contribution in [1.29, 1.82) is 0 Å². The van der Waals surface area contributed by atoms with E-state index in [1.165, 1.54) is 0 Å². The molecule has 2 aromatic carbocycles. The first-order valence-electron chi connectivity index (χ1n) is 6.99. The van der Waals surface area contributed by atoms with Crippen molar-refractivity contribution < 1.29 is 14.6 Å². The van der Waals surface area contributed by atoms with E-state index in [0.29, 0.717) is 0 Å². The number of aliphatic hydroxyl groups is 1. The highest BCUT2D eigenvalue weighted by Gasteiger charge is 2.17. The van der Waals surface area contributed by atoms with E-state index in [2.05, 4.69) is 5.32 Å². The highest BCUT2D eigenvalue weighted by atomic mass is 16.6. The highest BCUT2D eigenvalue weighted by Crippen LogP contribution is 2.23. The summed E-state index contributed by atoms with van der Waals surface area (Å²) in [6.45, 7) is 5.51. The first-order valence-corrected chi connectivity index (χ1v) is 6.99. The van der Waals surface area contributed by atoms with Crippen molar-refractivity contribution in [3.63, 3.8) is 0 Å². The number of amides is 1. The van der Waals surface area contributed by atoms with Gasteiger partial charge in [-0.05, 0) is 37.1 Å². The Morgan fingerprint density at radius 1 is 1.19 bits per heavy atom. The minimum atomic E-state index is -0.774. The fourth-order valence-corrected chi connectivity index (χ4v) is 2.15. The van der Waals surface area contributed by atoms with Crippen LogP contribution in [0.2, 0.25) is 0 Å². The van der Waals surface area contributed by atoms with Crippen LogP contribution in [0, 0.1) is 0 Å². The average Bonchev–Trinajstić information content (AvgIpc) is 2.42. The van der Waals surface area contributed by atoms with Crippen LogP contribution < -0.4 is 5.32 Å². The van der Waals surface area contributed by atoms with Crippen LogP contribution in [0.1, 0.15) is 32.4 Å². The number of hydrogen-bond donors (Lipinski definition) is 2. The third-order valence-corrected chi connectivity index (χ3v) is 3.02. The third kappa shape index (κ3) is 4.20. The minimum absolute atomic E-state index is 0.114. The molecular formula is C17H21NO3. The molecule has 0 aliphatic carbocycles. The molecule has 0 aliphatic heterocycles. The number of nitrogens with one attached hydrogen (secondary N) is 1. The fourth-order valence-electron chi connectivity index (χ4n) is 2.15. The van der Waals surface area contributed by atoms with Crippen molar-refractivity contribution in [2.75, 3.05) is 6.54 Å². The zero-order valence-corrected chi connectivity index (χ0v) is 12.6. The van der Waals surface area contributed by atoms with Crippen LogP contribution in [0.15, 0.2) is 42.5 Å². The predicted molar refractivity (Wildman–Crippen MR) is 83.1 cm³/mol. The van der Waals surface area contributed by atoms with Gasteiger partial charge < -0.3 is 15.2 Å². The molecule has 1 atom stereocenters. The summed E-state index contributed by atoms with van der Waals surface area (Å²) >= 11 is 0. The molecule has 0 saturated heterocycles. The van der Waals surface area contributed by atoms with Gasteiger partial charge >= 0.3 is 6.09 Å². The van der Waals surface area contributed by atoms with Gasteiger partial charge in [0.15, 0.2) is 0 Å². The maximum absolute atomic E-state index is 11.6. The molecule has 0 spiro atoms. The second-order valence-electron chi connectivity index (χ2n) is 5.97. The number of hydrogen-bond acceptors (Lipinski definition) is 3. The zero-order chi connectivity index (χ0) is 15.5. The van der Waals surface area contributed by atoms with Gasteiger partial charge in [0.05, 0.1) is 12.6 Å². The van der Waals surface area contributed by atoms with Crippen LogP contribution in [-0.2, 0) is 4.74 Å². The Morgan fingerprint density at radius 2 is 1.86 bits per heavy atom. The van der Waals surface area contributed by atoms with Crippen molar-refractivity contribution in [2.45, 2.75) is 32.5 Å². The zero-order valence-electron chi connectivity index (χ0n) is 12.6. The van der Waals surface area contributed by atoms with E-state index in [4.69, 9.17) is 4.74 Å². The van der Waals surface area contributed by atoms with E-state index in [0.717, 1.165) is 16.3 Å². The number of carbonyl (C=O) groups excluding carboxylic acids is 1. The maximum atomic E-state index is 11.6. The van der Waals surface area contributed by atoms with Gasteiger partial charge in [0, 0.05) is 0 Å². The summed E-state index contributed by atoms with van der Waals surface area (Å²) in [7, 11) is 0. The van der Waals surface area contributed by atoms with Crippen LogP contribution in [0.3, 0.4) is 0 Å². The third-order valence-electron chi connectivity index (χ3n) is 3.02. The highest BCUT2D eigenvalue weighted by molar-refractivity contribution is 5.86. The lowest BCUT2D eigenvalue weighted by atomic mass is 10.0. The first kappa shape index (κ1) is 15.3. The maximum Gasteiger partial charge on any atom is 0.407 e. The van der Waals surface area contributed by atoms with Gasteiger partial charge in [-0.3, -0.25) is 0 Å². The molecule has 0 bridgehead atoms. The SMILES string of the molecule is CC(C)(C)OC(=O)NC[C@H](O)c1cccc2ccccc12. The van der Waals surface area contributed by atoms with E-state index < -0.39 is 17.8 Å². The summed E-state index contributed by atoms with van der Waals surface area (Å²) in [4.78, 5) is 11.6. The van der Waals surface area contributed by atoms with E-state index in [1.807, 2.05) is 42.5 Å². The molecule has 4 nitrogen and oxygen atoms in total. The number of carbonyl (C=O) groups is 1. The Kier molecular flexibility index (Phi) is 4.48. The number of rotatable bonds is 3. The standard InChI is InChI=1S/C17H21NO3/c1-17(2,3)21-16(20)18-11-15(19)14-10-6-8-12-7-4-5-9-13(12)14/h4-10,15,19H,11H2,1-3H3,(H,18,20)/t15-/m0/s1. The quantitative estimate of drug-likeness (QED) is 0.909. The monoisotopic (exact) mass is 287 g/mol. The van der Waals surface area contributed by atoms with Crippen molar-refractivity contribution >= 4 is 16.9 Å². The summed E-state index contributed by atoms with van der Waals surface area (Å²) in [6, 6.07) is 13.6. The Labute approximate surface area is 124 Å². The minimum Gasteiger partial charge on any atom is -0.444 e. The van der Waals surface area contributed by atoms with Gasteiger partial charge in [-0.25, -0.2) is 4.79 Å². The van der Waals surface area contributed by atoms with Crippen molar-refractivity contribution in [2.24, 2.45) is 0 Å². The molecular weight excluding hydrogens is 266 g/mol. The lowest BCUT2D eigenvalue weighted by molar-refractivity contribution is 0.0492. The Balaban J connectivity index is 2.06. The fraction of sp³-hybridized carbons (Fsp3) is 0.353. The lowest BCUT2D eigenvalue weighted by Crippen LogP contribution is -2.34. The Bertz CT molecular complexity index is 626. The molecule has 4 heteroatoms. The molecule has 112 valence electrons. The van der Waals surface area contributed by atoms with Crippen LogP contribution in [0.4, 0.5) is 4.79 Å². The summed E-state index contributed by atoms with van der Waals surface area (Å²) in [5.41, 5.74) is 0.248. The van der Waals surface area contributed by atoms with Crippen molar-refractivity contribution in [3.05, 3.63) is 48.0 Å². The number of alkyl carbamates (subject to hydrolysis) is 1. The smallest absolute Gasteiger partial charge is 0.407 e. The predicted octanol–water partition coefficient (Wildman–Crippen LogP) is 3.40. The van der Waals surface area contributed by atoms with Gasteiger partial charge in [0.25, 0.3) is 0 Å². The molecule has 2 aromatic rings. The summed E-state index contributed by atoms with van der Waals surface area (Å²) in [5.74, 6) is 0. The topological polar surface area (TPSA) is 58.6 Å². The molecule has 2 N–H and O–H groups in total. The normalized spacial score (nSPS) is 13.0. The number of benzene rings is 2. The molecule has 0 radical (unpaired) electrons. The molecule has 0 heterocycles. The van der Waals surface area contributed by atoms with Crippen LogP contribution >= 0.6 is 0 Å². The van der Waals surface area contributed by atoms with Gasteiger partial charge in [-0.2, -0.15) is 0 Å². The van der Waals surface area contributed by atoms with Crippen LogP contribution in [-0.4, -0.2) is 23.3 Å². The van der Waals surface area contributed by atoms with Crippen LogP contribution in [0.25, 0.3) is 10.8 Å². The Morgan fingerprint density at radius 3 is 2.57 bits per heavy atom. The summed E-state index contributed by atoms with van der Waals surface area (Å²) in [6.07, 6.45) is -1.30. The number of ether oxygens (including phenoxy) is 1. The van der Waals surface area contributed by atoms with Crippen LogP contribution in [0.5, 0.6) is 0 Å². The van der Waals surface area contributed by atoms with E-state index in [9.17, 15) is 9.90 Å². The van der Waals surface area contributed by atoms with E-state index in [-0.39, 0.29) is 6.54 Å². The van der Waals surface area contributed by atoms with Crippen molar-refractivity contribution in [1.82, 2.24) is 5.32 Å². The molecule has 0 fully saturated rings. The van der Waals surface area contributed by atoms with Crippen molar-refractivity contribution in [3.8, 4) is 0 Å². The molecule has 0 aromatic heterocycles. The van der Waals surface area contributed by atoms with Gasteiger partial charge in [-0.15, -0.1) is 0 Å². The largest absolute Gasteiger partial charge is 0.444 e. The van der Waals surface area contributed by atoms with Gasteiger partial charge in [0.1, 0.15) is 5.60 Å². The summed E-state index contributed by atoms with van der Waals surface area (Å²) < 4.78 is 5.15. The molecule has 21 heavy (non-hydrogen) atoms. The molecule has 0 saturated carbocycles. The van der Waals surface area contributed by atoms with Gasteiger partial charge in [-0.1, -0.05) is 42.5 Å². The number of fused-ring (bicyclic) bond motifs is 1. The molecule has 2 rings (SSSR count). The Hall–Kier alpha value is -2.07. The molecule has 0 unspecified atom stereocenters. The second kappa shape index (κ2) is 6.14. The van der Waals surface area contributed by atoms with E-state index in [1.54, 1.807) is 20.8 Å². The molecule has 1 amide bonds. The van der Waals surface area contributed by atoms with Gasteiger partial charge in [0.2, 0.25) is 0 Å². The summed E-state index contributed by atoms with van der Waals surface area (Å²) in [5, 5.41) is 14.9. The number of aliphatic hydroxyl groups excluding tert-OH is 1. The average molecular weight is 287 g/mol. The second-order valence-corrected chi connectivity index (χ2v) is 5.97. The lowest BCUT2D eigenvalue weighted by Gasteiger charge is -2.21. The van der Waals surface area contributed by atoms with E-state index >= 15 is 0 Å². The first-order chi connectivity index (χ1) is 9.87.